The van der Waals surface area contributed by atoms with Crippen LogP contribution in [-0.4, -0.2) is 27.1 Å². The highest BCUT2D eigenvalue weighted by atomic mass is 19.1. The van der Waals surface area contributed by atoms with Gasteiger partial charge in [0.1, 0.15) is 0 Å². The second kappa shape index (κ2) is 5.23. The quantitative estimate of drug-likeness (QED) is 0.778. The van der Waals surface area contributed by atoms with Gasteiger partial charge in [-0.1, -0.05) is 12.7 Å². The number of rotatable bonds is 2. The van der Waals surface area contributed by atoms with Crippen molar-refractivity contribution in [3.8, 4) is 0 Å². The van der Waals surface area contributed by atoms with Gasteiger partial charge < -0.3 is 4.90 Å². The van der Waals surface area contributed by atoms with E-state index in [1.54, 1.807) is 0 Å². The Hall–Kier alpha value is -1.91. The van der Waals surface area contributed by atoms with Gasteiger partial charge in [0.25, 0.3) is 5.91 Å². The molecule has 20 heavy (non-hydrogen) atoms. The Balaban J connectivity index is 2.42. The summed E-state index contributed by atoms with van der Waals surface area (Å²) in [5.41, 5.74) is 2.91. The predicted molar refractivity (Wildman–Crippen MR) is 76.6 cm³/mol. The van der Waals surface area contributed by atoms with Crippen LogP contribution in [0.3, 0.4) is 0 Å². The number of hydrogen-bond donors (Lipinski definition) is 0. The van der Waals surface area contributed by atoms with Gasteiger partial charge in [-0.25, -0.2) is 4.39 Å². The largest absolute Gasteiger partial charge is 0.326 e. The third-order valence-corrected chi connectivity index (χ3v) is 3.87. The molecule has 0 N–H and O–H groups in total. The number of nitrogens with zero attached hydrogens (tertiary/aromatic N) is 3. The van der Waals surface area contributed by atoms with Crippen LogP contribution in [-0.2, 0) is 4.79 Å². The number of carbonyl (C=O) groups is 1. The summed E-state index contributed by atoms with van der Waals surface area (Å²) in [7, 11) is 0. The van der Waals surface area contributed by atoms with Gasteiger partial charge in [0.15, 0.2) is 5.83 Å². The van der Waals surface area contributed by atoms with E-state index in [9.17, 15) is 9.18 Å². The molecule has 0 aromatic carbocycles. The second-order valence-corrected chi connectivity index (χ2v) is 5.26. The summed E-state index contributed by atoms with van der Waals surface area (Å²) in [6.07, 6.45) is 2.00. The Morgan fingerprint density at radius 3 is 2.75 bits per heavy atom. The normalized spacial score (nSPS) is 22.6. The first-order valence-corrected chi connectivity index (χ1v) is 6.75. The molecule has 1 aromatic rings. The minimum absolute atomic E-state index is 0.0166. The Kier molecular flexibility index (Phi) is 3.79. The SMILES string of the molecule is C=C(F)C(=O)N1CC(C)n2nc(/C(C)=C\C)cc2C1C. The summed E-state index contributed by atoms with van der Waals surface area (Å²) in [6.45, 7) is 11.4. The van der Waals surface area contributed by atoms with E-state index in [-0.39, 0.29) is 12.1 Å². The fourth-order valence-electron chi connectivity index (χ4n) is 2.51. The zero-order valence-corrected chi connectivity index (χ0v) is 12.4. The van der Waals surface area contributed by atoms with Gasteiger partial charge >= 0.3 is 0 Å². The standard InChI is InChI=1S/C15H20FN3O/c1-6-9(2)13-7-14-12(5)18(15(20)11(4)16)8-10(3)19(14)17-13/h6-7,10,12H,4,8H2,1-3,5H3/b9-6-. The molecule has 0 aliphatic carbocycles. The molecule has 0 saturated carbocycles. The Morgan fingerprint density at radius 2 is 2.20 bits per heavy atom. The molecule has 2 atom stereocenters. The van der Waals surface area contributed by atoms with Gasteiger partial charge in [-0.2, -0.15) is 5.10 Å². The highest BCUT2D eigenvalue weighted by Gasteiger charge is 2.33. The Labute approximate surface area is 118 Å². The van der Waals surface area contributed by atoms with Crippen LogP contribution >= 0.6 is 0 Å². The number of fused-ring (bicyclic) bond motifs is 1. The van der Waals surface area contributed by atoms with Crippen LogP contribution in [0.5, 0.6) is 0 Å². The highest BCUT2D eigenvalue weighted by Crippen LogP contribution is 2.32. The van der Waals surface area contributed by atoms with Crippen LogP contribution in [0.2, 0.25) is 0 Å². The average molecular weight is 277 g/mol. The van der Waals surface area contributed by atoms with Crippen LogP contribution in [0.25, 0.3) is 5.57 Å². The van der Waals surface area contributed by atoms with Gasteiger partial charge in [-0.15, -0.1) is 0 Å². The number of allylic oxidation sites excluding steroid dienone is 2. The molecule has 0 bridgehead atoms. The number of hydrogen-bond acceptors (Lipinski definition) is 2. The Bertz CT molecular complexity index is 588. The predicted octanol–water partition coefficient (Wildman–Crippen LogP) is 3.25. The van der Waals surface area contributed by atoms with Crippen molar-refractivity contribution in [1.82, 2.24) is 14.7 Å². The topological polar surface area (TPSA) is 38.1 Å². The molecule has 2 rings (SSSR count). The summed E-state index contributed by atoms with van der Waals surface area (Å²) in [4.78, 5) is 13.4. The second-order valence-electron chi connectivity index (χ2n) is 5.26. The van der Waals surface area contributed by atoms with Gasteiger partial charge in [0.2, 0.25) is 0 Å². The van der Waals surface area contributed by atoms with Crippen LogP contribution in [0, 0.1) is 0 Å². The lowest BCUT2D eigenvalue weighted by atomic mass is 10.1. The molecule has 0 fully saturated rings. The van der Waals surface area contributed by atoms with Gasteiger partial charge in [0, 0.05) is 6.54 Å². The van der Waals surface area contributed by atoms with Gasteiger partial charge in [-0.05, 0) is 39.3 Å². The molecule has 1 aromatic heterocycles. The maximum absolute atomic E-state index is 13.1. The molecule has 1 aliphatic rings. The van der Waals surface area contributed by atoms with E-state index in [0.717, 1.165) is 17.0 Å². The van der Waals surface area contributed by atoms with Crippen LogP contribution in [0.1, 0.15) is 51.2 Å². The summed E-state index contributed by atoms with van der Waals surface area (Å²) in [6, 6.07) is 1.77. The van der Waals surface area contributed by atoms with E-state index in [1.807, 2.05) is 44.5 Å². The molecule has 2 unspecified atom stereocenters. The molecule has 1 amide bonds. The van der Waals surface area contributed by atoms with E-state index in [2.05, 4.69) is 11.7 Å². The number of carbonyl (C=O) groups excluding carboxylic acids is 1. The number of halogens is 1. The first kappa shape index (κ1) is 14.5. The van der Waals surface area contributed by atoms with Crippen molar-refractivity contribution in [3.05, 3.63) is 35.9 Å². The fraction of sp³-hybridized carbons (Fsp3) is 0.467. The average Bonchev–Trinajstić information content (AvgIpc) is 2.86. The van der Waals surface area contributed by atoms with E-state index < -0.39 is 11.7 Å². The molecular formula is C15H20FN3O. The van der Waals surface area contributed by atoms with Crippen LogP contribution in [0.15, 0.2) is 24.5 Å². The lowest BCUT2D eigenvalue weighted by Gasteiger charge is -2.37. The van der Waals surface area contributed by atoms with Crippen molar-refractivity contribution in [2.24, 2.45) is 0 Å². The molecule has 0 spiro atoms. The number of amides is 1. The first-order chi connectivity index (χ1) is 9.36. The third kappa shape index (κ3) is 2.28. The summed E-state index contributed by atoms with van der Waals surface area (Å²) in [5, 5.41) is 4.59. The van der Waals surface area contributed by atoms with Crippen molar-refractivity contribution >= 4 is 11.5 Å². The zero-order chi connectivity index (χ0) is 15.0. The lowest BCUT2D eigenvalue weighted by Crippen LogP contribution is -2.43. The highest BCUT2D eigenvalue weighted by molar-refractivity contribution is 5.91. The van der Waals surface area contributed by atoms with E-state index in [1.165, 1.54) is 4.90 Å². The molecule has 2 heterocycles. The van der Waals surface area contributed by atoms with Crippen molar-refractivity contribution in [3.63, 3.8) is 0 Å². The molecule has 0 radical (unpaired) electrons. The van der Waals surface area contributed by atoms with Crippen LogP contribution in [0.4, 0.5) is 4.39 Å². The van der Waals surface area contributed by atoms with E-state index in [0.29, 0.717) is 6.54 Å². The maximum atomic E-state index is 13.1. The van der Waals surface area contributed by atoms with Crippen molar-refractivity contribution in [2.45, 2.75) is 39.8 Å². The van der Waals surface area contributed by atoms with Gasteiger partial charge in [-0.3, -0.25) is 9.48 Å². The Morgan fingerprint density at radius 1 is 1.55 bits per heavy atom. The molecule has 4 nitrogen and oxygen atoms in total. The maximum Gasteiger partial charge on any atom is 0.282 e. The summed E-state index contributed by atoms with van der Waals surface area (Å²) in [5.74, 6) is -1.55. The van der Waals surface area contributed by atoms with Crippen molar-refractivity contribution in [2.75, 3.05) is 6.54 Å². The molecular weight excluding hydrogens is 257 g/mol. The van der Waals surface area contributed by atoms with Crippen molar-refractivity contribution in [1.29, 1.82) is 0 Å². The zero-order valence-electron chi connectivity index (χ0n) is 12.4. The van der Waals surface area contributed by atoms with Crippen molar-refractivity contribution < 1.29 is 9.18 Å². The van der Waals surface area contributed by atoms with Gasteiger partial charge in [0.05, 0.1) is 23.5 Å². The monoisotopic (exact) mass is 277 g/mol. The van der Waals surface area contributed by atoms with E-state index >= 15 is 0 Å². The molecule has 5 heteroatoms. The summed E-state index contributed by atoms with van der Waals surface area (Å²) >= 11 is 0. The molecule has 1 aliphatic heterocycles. The number of aromatic nitrogens is 2. The minimum Gasteiger partial charge on any atom is -0.326 e. The lowest BCUT2D eigenvalue weighted by molar-refractivity contribution is -0.132. The molecule has 0 saturated heterocycles. The molecule has 108 valence electrons. The first-order valence-electron chi connectivity index (χ1n) is 6.75. The fourth-order valence-corrected chi connectivity index (χ4v) is 2.51. The van der Waals surface area contributed by atoms with Crippen LogP contribution < -0.4 is 0 Å². The minimum atomic E-state index is -0.915. The van der Waals surface area contributed by atoms with E-state index in [4.69, 9.17) is 0 Å². The summed E-state index contributed by atoms with van der Waals surface area (Å²) < 4.78 is 15.1. The third-order valence-electron chi connectivity index (χ3n) is 3.87. The smallest absolute Gasteiger partial charge is 0.282 e.